The quantitative estimate of drug-likeness (QED) is 0.707. The Morgan fingerprint density at radius 1 is 1.09 bits per heavy atom. The maximum absolute atomic E-state index is 14.9. The molecular formula is C24H34F2N4O2. The van der Waals surface area contributed by atoms with Crippen molar-refractivity contribution in [1.29, 1.82) is 0 Å². The molecule has 3 heterocycles. The summed E-state index contributed by atoms with van der Waals surface area (Å²) >= 11 is 0. The smallest absolute Gasteiger partial charge is 0.410 e. The van der Waals surface area contributed by atoms with E-state index in [0.717, 1.165) is 18.7 Å². The van der Waals surface area contributed by atoms with E-state index in [1.807, 2.05) is 56.0 Å². The molecule has 176 valence electrons. The van der Waals surface area contributed by atoms with E-state index in [0.29, 0.717) is 39.3 Å². The van der Waals surface area contributed by atoms with Gasteiger partial charge in [0.15, 0.2) is 0 Å². The SMILES string of the molecule is CC(C)(C)OC(=O)N1CCN(C2CN(C3=CCN(Cc4ccccc4)CC3(F)F)C2)CC1. The van der Waals surface area contributed by atoms with Gasteiger partial charge in [0.2, 0.25) is 0 Å². The maximum atomic E-state index is 14.9. The molecule has 0 bridgehead atoms. The predicted octanol–water partition coefficient (Wildman–Crippen LogP) is 3.26. The number of piperazine rings is 1. The van der Waals surface area contributed by atoms with Crippen molar-refractivity contribution in [3.05, 3.63) is 47.7 Å². The fraction of sp³-hybridized carbons (Fsp3) is 0.625. The van der Waals surface area contributed by atoms with E-state index < -0.39 is 11.5 Å². The number of amides is 1. The van der Waals surface area contributed by atoms with Crippen LogP contribution in [0.5, 0.6) is 0 Å². The molecule has 0 saturated carbocycles. The molecule has 1 amide bonds. The molecule has 0 unspecified atom stereocenters. The summed E-state index contributed by atoms with van der Waals surface area (Å²) in [5.41, 5.74) is 0.721. The van der Waals surface area contributed by atoms with Gasteiger partial charge in [-0.2, -0.15) is 8.78 Å². The van der Waals surface area contributed by atoms with Crippen molar-refractivity contribution in [1.82, 2.24) is 19.6 Å². The number of hydrogen-bond donors (Lipinski definition) is 0. The van der Waals surface area contributed by atoms with Crippen LogP contribution in [0.1, 0.15) is 26.3 Å². The molecule has 0 atom stereocenters. The minimum atomic E-state index is -2.84. The molecule has 0 spiro atoms. The summed E-state index contributed by atoms with van der Waals surface area (Å²) in [4.78, 5) is 19.9. The van der Waals surface area contributed by atoms with Crippen molar-refractivity contribution in [3.63, 3.8) is 0 Å². The Morgan fingerprint density at radius 2 is 1.75 bits per heavy atom. The van der Waals surface area contributed by atoms with Crippen LogP contribution in [0.25, 0.3) is 0 Å². The zero-order valence-electron chi connectivity index (χ0n) is 19.3. The Kier molecular flexibility index (Phi) is 6.45. The summed E-state index contributed by atoms with van der Waals surface area (Å²) in [5.74, 6) is -2.84. The first-order chi connectivity index (χ1) is 15.1. The lowest BCUT2D eigenvalue weighted by Gasteiger charge is -2.51. The molecular weight excluding hydrogens is 414 g/mol. The van der Waals surface area contributed by atoms with E-state index in [1.165, 1.54) is 0 Å². The molecule has 1 aromatic carbocycles. The third kappa shape index (κ3) is 5.41. The van der Waals surface area contributed by atoms with Crippen LogP contribution in [0.15, 0.2) is 42.1 Å². The molecule has 6 nitrogen and oxygen atoms in total. The third-order valence-corrected chi connectivity index (χ3v) is 6.27. The standard InChI is InChI=1S/C24H34F2N4O2/c1-23(2,3)32-22(31)29-13-11-28(12-14-29)20-16-30(17-20)21-9-10-27(18-24(21,25)26)15-19-7-5-4-6-8-19/h4-9,20H,10-18H2,1-3H3. The number of nitrogens with zero attached hydrogens (tertiary/aromatic N) is 4. The largest absolute Gasteiger partial charge is 0.444 e. The summed E-state index contributed by atoms with van der Waals surface area (Å²) in [6, 6.07) is 10.0. The van der Waals surface area contributed by atoms with Gasteiger partial charge in [-0.1, -0.05) is 30.3 Å². The number of rotatable bonds is 4. The summed E-state index contributed by atoms with van der Waals surface area (Å²) in [7, 11) is 0. The van der Waals surface area contributed by atoms with Crippen molar-refractivity contribution >= 4 is 6.09 Å². The molecule has 0 aromatic heterocycles. The molecule has 32 heavy (non-hydrogen) atoms. The number of likely N-dealkylation sites (tertiary alicyclic amines) is 1. The number of hydrogen-bond acceptors (Lipinski definition) is 5. The normalized spacial score (nSPS) is 23.0. The first kappa shape index (κ1) is 23.0. The average Bonchev–Trinajstić information content (AvgIpc) is 2.68. The Hall–Kier alpha value is -2.19. The summed E-state index contributed by atoms with van der Waals surface area (Å²) in [5, 5.41) is 0. The zero-order valence-corrected chi connectivity index (χ0v) is 19.3. The molecule has 0 radical (unpaired) electrons. The third-order valence-electron chi connectivity index (χ3n) is 6.27. The van der Waals surface area contributed by atoms with E-state index in [9.17, 15) is 13.6 Å². The lowest BCUT2D eigenvalue weighted by atomic mass is 10.00. The topological polar surface area (TPSA) is 39.3 Å². The highest BCUT2D eigenvalue weighted by molar-refractivity contribution is 5.68. The lowest BCUT2D eigenvalue weighted by molar-refractivity contribution is -0.0599. The minimum absolute atomic E-state index is 0.172. The molecule has 2 fully saturated rings. The first-order valence-corrected chi connectivity index (χ1v) is 11.4. The van der Waals surface area contributed by atoms with Crippen LogP contribution in [-0.4, -0.2) is 95.6 Å². The van der Waals surface area contributed by atoms with Gasteiger partial charge < -0.3 is 14.5 Å². The van der Waals surface area contributed by atoms with Gasteiger partial charge in [0.1, 0.15) is 5.60 Å². The molecule has 0 N–H and O–H groups in total. The molecule has 1 aromatic rings. The maximum Gasteiger partial charge on any atom is 0.410 e. The number of carbonyl (C=O) groups is 1. The Morgan fingerprint density at radius 3 is 2.34 bits per heavy atom. The second-order valence-electron chi connectivity index (χ2n) is 10.0. The highest BCUT2D eigenvalue weighted by Gasteiger charge is 2.46. The molecule has 4 rings (SSSR count). The van der Waals surface area contributed by atoms with Gasteiger partial charge in [-0.05, 0) is 32.4 Å². The fourth-order valence-corrected chi connectivity index (χ4v) is 4.59. The van der Waals surface area contributed by atoms with Crippen LogP contribution < -0.4 is 0 Å². The van der Waals surface area contributed by atoms with Crippen molar-refractivity contribution < 1.29 is 18.3 Å². The van der Waals surface area contributed by atoms with Crippen LogP contribution in [0, 0.1) is 0 Å². The van der Waals surface area contributed by atoms with Crippen LogP contribution in [0.4, 0.5) is 13.6 Å². The lowest BCUT2D eigenvalue weighted by Crippen LogP contribution is -2.65. The first-order valence-electron chi connectivity index (χ1n) is 11.4. The van der Waals surface area contributed by atoms with Gasteiger partial charge in [-0.15, -0.1) is 0 Å². The van der Waals surface area contributed by atoms with E-state index in [-0.39, 0.29) is 24.4 Å². The van der Waals surface area contributed by atoms with Gasteiger partial charge in [0, 0.05) is 58.4 Å². The number of carbonyl (C=O) groups excluding carboxylic acids is 1. The summed E-state index contributed by atoms with van der Waals surface area (Å²) in [6.07, 6.45) is 1.42. The minimum Gasteiger partial charge on any atom is -0.444 e. The van der Waals surface area contributed by atoms with Crippen molar-refractivity contribution in [2.24, 2.45) is 0 Å². The number of ether oxygens (including phenoxy) is 1. The zero-order chi connectivity index (χ0) is 22.9. The second kappa shape index (κ2) is 8.98. The summed E-state index contributed by atoms with van der Waals surface area (Å²) < 4.78 is 35.3. The van der Waals surface area contributed by atoms with Crippen LogP contribution >= 0.6 is 0 Å². The van der Waals surface area contributed by atoms with Crippen LogP contribution in [0.2, 0.25) is 0 Å². The van der Waals surface area contributed by atoms with Gasteiger partial charge in [-0.3, -0.25) is 9.80 Å². The Bertz CT molecular complexity index is 826. The predicted molar refractivity (Wildman–Crippen MR) is 119 cm³/mol. The highest BCUT2D eigenvalue weighted by Crippen LogP contribution is 2.35. The molecule has 0 aliphatic carbocycles. The van der Waals surface area contributed by atoms with Gasteiger partial charge in [0.05, 0.1) is 12.2 Å². The van der Waals surface area contributed by atoms with Crippen LogP contribution in [-0.2, 0) is 11.3 Å². The molecule has 3 aliphatic rings. The van der Waals surface area contributed by atoms with Gasteiger partial charge >= 0.3 is 6.09 Å². The number of alkyl halides is 2. The Balaban J connectivity index is 1.25. The van der Waals surface area contributed by atoms with Crippen molar-refractivity contribution in [3.8, 4) is 0 Å². The molecule has 3 aliphatic heterocycles. The van der Waals surface area contributed by atoms with E-state index in [1.54, 1.807) is 15.9 Å². The van der Waals surface area contributed by atoms with Gasteiger partial charge in [-0.25, -0.2) is 4.79 Å². The van der Waals surface area contributed by atoms with Crippen LogP contribution in [0.3, 0.4) is 0 Å². The van der Waals surface area contributed by atoms with Gasteiger partial charge in [0.25, 0.3) is 5.92 Å². The number of halogens is 2. The Labute approximate surface area is 189 Å². The highest BCUT2D eigenvalue weighted by atomic mass is 19.3. The average molecular weight is 449 g/mol. The fourth-order valence-electron chi connectivity index (χ4n) is 4.59. The second-order valence-corrected chi connectivity index (χ2v) is 10.0. The monoisotopic (exact) mass is 448 g/mol. The number of benzene rings is 1. The summed E-state index contributed by atoms with van der Waals surface area (Å²) in [6.45, 7) is 10.4. The van der Waals surface area contributed by atoms with Crippen molar-refractivity contribution in [2.45, 2.75) is 44.9 Å². The molecule has 2 saturated heterocycles. The van der Waals surface area contributed by atoms with Crippen molar-refractivity contribution in [2.75, 3.05) is 52.4 Å². The van der Waals surface area contributed by atoms with E-state index >= 15 is 0 Å². The van der Waals surface area contributed by atoms with E-state index in [2.05, 4.69) is 4.90 Å². The van der Waals surface area contributed by atoms with E-state index in [4.69, 9.17) is 4.74 Å². The molecule has 8 heteroatoms.